The maximum absolute atomic E-state index is 6.12. The number of hydrogen-bond acceptors (Lipinski definition) is 4. The lowest BCUT2D eigenvalue weighted by Gasteiger charge is -2.07. The SMILES string of the molecule is CNc1ncnc(SCc2ccccc2Cl)c1Br. The van der Waals surface area contributed by atoms with E-state index in [0.717, 1.165) is 31.7 Å². The van der Waals surface area contributed by atoms with Crippen LogP contribution in [0.1, 0.15) is 5.56 Å². The molecule has 0 atom stereocenters. The minimum atomic E-state index is 0.776. The largest absolute Gasteiger partial charge is 0.372 e. The molecule has 2 aromatic rings. The van der Waals surface area contributed by atoms with Gasteiger partial charge >= 0.3 is 0 Å². The molecule has 0 saturated heterocycles. The third kappa shape index (κ3) is 3.16. The van der Waals surface area contributed by atoms with Gasteiger partial charge < -0.3 is 5.32 Å². The number of anilines is 1. The number of nitrogens with one attached hydrogen (secondary N) is 1. The second kappa shape index (κ2) is 6.41. The molecule has 0 aliphatic carbocycles. The summed E-state index contributed by atoms with van der Waals surface area (Å²) in [4.78, 5) is 8.37. The van der Waals surface area contributed by atoms with Gasteiger partial charge in [0.05, 0.1) is 4.47 Å². The number of aromatic nitrogens is 2. The third-order valence-corrected chi connectivity index (χ3v) is 4.74. The zero-order valence-corrected chi connectivity index (χ0v) is 12.8. The average Bonchev–Trinajstić information content (AvgIpc) is 2.39. The van der Waals surface area contributed by atoms with Crippen molar-refractivity contribution in [2.75, 3.05) is 12.4 Å². The van der Waals surface area contributed by atoms with E-state index in [-0.39, 0.29) is 0 Å². The van der Waals surface area contributed by atoms with E-state index in [4.69, 9.17) is 11.6 Å². The summed E-state index contributed by atoms with van der Waals surface area (Å²) in [5.74, 6) is 1.56. The summed E-state index contributed by atoms with van der Waals surface area (Å²) >= 11 is 11.2. The molecule has 1 aromatic carbocycles. The molecule has 1 aromatic heterocycles. The van der Waals surface area contributed by atoms with Crippen molar-refractivity contribution in [1.82, 2.24) is 9.97 Å². The van der Waals surface area contributed by atoms with Crippen molar-refractivity contribution in [3.8, 4) is 0 Å². The van der Waals surface area contributed by atoms with Crippen molar-refractivity contribution in [1.29, 1.82) is 0 Å². The zero-order chi connectivity index (χ0) is 13.0. The van der Waals surface area contributed by atoms with Gasteiger partial charge in [0.2, 0.25) is 0 Å². The van der Waals surface area contributed by atoms with Crippen LogP contribution in [0.15, 0.2) is 40.1 Å². The normalized spacial score (nSPS) is 10.4. The van der Waals surface area contributed by atoms with E-state index in [1.54, 1.807) is 18.1 Å². The molecular formula is C12H11BrClN3S. The molecule has 0 radical (unpaired) electrons. The van der Waals surface area contributed by atoms with Crippen LogP contribution in [0, 0.1) is 0 Å². The number of nitrogens with zero attached hydrogens (tertiary/aromatic N) is 2. The van der Waals surface area contributed by atoms with E-state index in [1.807, 2.05) is 31.3 Å². The summed E-state index contributed by atoms with van der Waals surface area (Å²) < 4.78 is 0.879. The van der Waals surface area contributed by atoms with Crippen LogP contribution >= 0.6 is 39.3 Å². The Morgan fingerprint density at radius 1 is 1.33 bits per heavy atom. The average molecular weight is 345 g/mol. The van der Waals surface area contributed by atoms with Crippen molar-refractivity contribution in [3.05, 3.63) is 45.7 Å². The Morgan fingerprint density at radius 2 is 2.11 bits per heavy atom. The molecule has 6 heteroatoms. The molecule has 1 N–H and O–H groups in total. The van der Waals surface area contributed by atoms with E-state index in [1.165, 1.54) is 0 Å². The molecule has 94 valence electrons. The number of thioether (sulfide) groups is 1. The predicted molar refractivity (Wildman–Crippen MR) is 80.3 cm³/mol. The van der Waals surface area contributed by atoms with Gasteiger partial charge in [0.1, 0.15) is 17.2 Å². The predicted octanol–water partition coefficient (Wildman–Crippen LogP) is 4.23. The van der Waals surface area contributed by atoms with Crippen molar-refractivity contribution in [2.24, 2.45) is 0 Å². The minimum absolute atomic E-state index is 0.776. The first kappa shape index (κ1) is 13.6. The van der Waals surface area contributed by atoms with Crippen LogP contribution in [0.3, 0.4) is 0 Å². The van der Waals surface area contributed by atoms with Gasteiger partial charge in [-0.1, -0.05) is 29.8 Å². The number of benzene rings is 1. The zero-order valence-electron chi connectivity index (χ0n) is 9.65. The monoisotopic (exact) mass is 343 g/mol. The standard InChI is InChI=1S/C12H11BrClN3S/c1-15-11-10(13)12(17-7-16-11)18-6-8-4-2-3-5-9(8)14/h2-5,7H,6H2,1H3,(H,15,16,17). The van der Waals surface area contributed by atoms with Gasteiger partial charge in [-0.15, -0.1) is 11.8 Å². The highest BCUT2D eigenvalue weighted by Crippen LogP contribution is 2.32. The van der Waals surface area contributed by atoms with Gasteiger partial charge in [0, 0.05) is 17.8 Å². The highest BCUT2D eigenvalue weighted by atomic mass is 79.9. The minimum Gasteiger partial charge on any atom is -0.372 e. The molecule has 0 spiro atoms. The van der Waals surface area contributed by atoms with Crippen molar-refractivity contribution in [3.63, 3.8) is 0 Å². The van der Waals surface area contributed by atoms with Gasteiger partial charge in [-0.25, -0.2) is 9.97 Å². The lowest BCUT2D eigenvalue weighted by molar-refractivity contribution is 1.02. The van der Waals surface area contributed by atoms with Crippen molar-refractivity contribution >= 4 is 45.1 Å². The Morgan fingerprint density at radius 3 is 2.83 bits per heavy atom. The van der Waals surface area contributed by atoms with Crippen LogP contribution in [-0.4, -0.2) is 17.0 Å². The highest BCUT2D eigenvalue weighted by Gasteiger charge is 2.09. The fourth-order valence-corrected chi connectivity index (χ4v) is 3.31. The van der Waals surface area contributed by atoms with E-state index in [0.29, 0.717) is 0 Å². The molecule has 0 bridgehead atoms. The fourth-order valence-electron chi connectivity index (χ4n) is 1.39. The molecule has 0 aliphatic heterocycles. The quantitative estimate of drug-likeness (QED) is 0.665. The van der Waals surface area contributed by atoms with Gasteiger partial charge in [0.25, 0.3) is 0 Å². The highest BCUT2D eigenvalue weighted by molar-refractivity contribution is 9.10. The summed E-state index contributed by atoms with van der Waals surface area (Å²) in [6.45, 7) is 0. The van der Waals surface area contributed by atoms with Crippen molar-refractivity contribution in [2.45, 2.75) is 10.8 Å². The molecule has 3 nitrogen and oxygen atoms in total. The van der Waals surface area contributed by atoms with Crippen molar-refractivity contribution < 1.29 is 0 Å². The molecule has 0 saturated carbocycles. The van der Waals surface area contributed by atoms with Gasteiger partial charge in [0.15, 0.2) is 0 Å². The van der Waals surface area contributed by atoms with E-state index in [9.17, 15) is 0 Å². The molecule has 1 heterocycles. The van der Waals surface area contributed by atoms with Crippen LogP contribution in [0.25, 0.3) is 0 Å². The third-order valence-electron chi connectivity index (χ3n) is 2.32. The molecule has 2 rings (SSSR count). The molecule has 0 unspecified atom stereocenters. The summed E-state index contributed by atoms with van der Waals surface area (Å²) in [7, 11) is 1.83. The number of rotatable bonds is 4. The summed E-state index contributed by atoms with van der Waals surface area (Å²) in [6, 6.07) is 7.82. The molecule has 0 fully saturated rings. The van der Waals surface area contributed by atoms with Crippen LogP contribution in [0.2, 0.25) is 5.02 Å². The van der Waals surface area contributed by atoms with Crippen LogP contribution < -0.4 is 5.32 Å². The van der Waals surface area contributed by atoms with Gasteiger partial charge in [-0.05, 0) is 27.6 Å². The summed E-state index contributed by atoms with van der Waals surface area (Å²) in [5, 5.41) is 4.69. The summed E-state index contributed by atoms with van der Waals surface area (Å²) in [5.41, 5.74) is 1.10. The Hall–Kier alpha value is -0.780. The van der Waals surface area contributed by atoms with Gasteiger partial charge in [-0.3, -0.25) is 0 Å². The Labute approximate surface area is 124 Å². The second-order valence-corrected chi connectivity index (χ2v) is 5.64. The molecule has 0 aliphatic rings. The number of hydrogen-bond donors (Lipinski definition) is 1. The summed E-state index contributed by atoms with van der Waals surface area (Å²) in [6.07, 6.45) is 1.55. The van der Waals surface area contributed by atoms with Crippen LogP contribution in [-0.2, 0) is 5.75 Å². The van der Waals surface area contributed by atoms with Crippen LogP contribution in [0.5, 0.6) is 0 Å². The smallest absolute Gasteiger partial charge is 0.144 e. The first-order valence-corrected chi connectivity index (χ1v) is 7.42. The van der Waals surface area contributed by atoms with E-state index < -0.39 is 0 Å². The van der Waals surface area contributed by atoms with E-state index >= 15 is 0 Å². The second-order valence-electron chi connectivity index (χ2n) is 3.47. The van der Waals surface area contributed by atoms with Gasteiger partial charge in [-0.2, -0.15) is 0 Å². The Bertz CT molecular complexity index is 551. The lowest BCUT2D eigenvalue weighted by Crippen LogP contribution is -1.96. The maximum Gasteiger partial charge on any atom is 0.144 e. The lowest BCUT2D eigenvalue weighted by atomic mass is 10.2. The van der Waals surface area contributed by atoms with E-state index in [2.05, 4.69) is 31.2 Å². The molecular weight excluding hydrogens is 334 g/mol. The fraction of sp³-hybridized carbons (Fsp3) is 0.167. The molecule has 0 amide bonds. The first-order chi connectivity index (χ1) is 8.72. The molecule has 18 heavy (non-hydrogen) atoms. The first-order valence-electron chi connectivity index (χ1n) is 5.27. The number of halogens is 2. The maximum atomic E-state index is 6.12. The Kier molecular flexibility index (Phi) is 4.86. The topological polar surface area (TPSA) is 37.8 Å². The Balaban J connectivity index is 2.14. The van der Waals surface area contributed by atoms with Crippen LogP contribution in [0.4, 0.5) is 5.82 Å².